The number of hydrogen-bond acceptors (Lipinski definition) is 3. The second-order valence-corrected chi connectivity index (χ2v) is 5.28. The van der Waals surface area contributed by atoms with E-state index in [1.54, 1.807) is 0 Å². The lowest BCUT2D eigenvalue weighted by Gasteiger charge is -2.24. The molecule has 1 aliphatic carbocycles. The number of aliphatic imine (C=N–C) groups is 1. The molecule has 2 aliphatic rings. The molecule has 1 aromatic rings. The standard InChI is InChI=1S/C16H21N3/c1-2-19-11-10-15(17-12-19)18-16(14-8-9-14)13-6-4-3-5-7-13/h3-7,10-11,14,16H,2,8-9,12H2,1H3,(H,17,18)/t16-/m1/s1. The molecular weight excluding hydrogens is 234 g/mol. The van der Waals surface area contributed by atoms with E-state index in [2.05, 4.69) is 64.7 Å². The molecule has 1 saturated carbocycles. The second kappa shape index (κ2) is 5.47. The lowest BCUT2D eigenvalue weighted by atomic mass is 10.0. The molecule has 1 aliphatic heterocycles. The Balaban J connectivity index is 1.70. The van der Waals surface area contributed by atoms with Crippen LogP contribution in [0.5, 0.6) is 0 Å². The first-order chi connectivity index (χ1) is 9.36. The van der Waals surface area contributed by atoms with Crippen LogP contribution in [-0.4, -0.2) is 23.9 Å². The first-order valence-corrected chi connectivity index (χ1v) is 7.15. The van der Waals surface area contributed by atoms with Crippen molar-refractivity contribution in [3.05, 3.63) is 48.2 Å². The van der Waals surface area contributed by atoms with Crippen molar-refractivity contribution < 1.29 is 0 Å². The molecule has 3 heteroatoms. The summed E-state index contributed by atoms with van der Waals surface area (Å²) in [5.74, 6) is 1.79. The van der Waals surface area contributed by atoms with Gasteiger partial charge in [-0.25, -0.2) is 4.99 Å². The molecule has 0 bridgehead atoms. The van der Waals surface area contributed by atoms with Crippen LogP contribution in [-0.2, 0) is 0 Å². The average molecular weight is 255 g/mol. The highest BCUT2D eigenvalue weighted by atomic mass is 15.2. The summed E-state index contributed by atoms with van der Waals surface area (Å²) >= 11 is 0. The topological polar surface area (TPSA) is 27.6 Å². The normalized spacial score (nSPS) is 20.1. The third kappa shape index (κ3) is 2.98. The van der Waals surface area contributed by atoms with E-state index in [1.807, 2.05) is 0 Å². The van der Waals surface area contributed by atoms with Crippen LogP contribution >= 0.6 is 0 Å². The molecule has 3 nitrogen and oxygen atoms in total. The summed E-state index contributed by atoms with van der Waals surface area (Å²) in [6, 6.07) is 11.1. The van der Waals surface area contributed by atoms with Gasteiger partial charge in [0.2, 0.25) is 0 Å². The fourth-order valence-electron chi connectivity index (χ4n) is 2.46. The monoisotopic (exact) mass is 255 g/mol. The fraction of sp³-hybridized carbons (Fsp3) is 0.438. The maximum Gasteiger partial charge on any atom is 0.124 e. The van der Waals surface area contributed by atoms with Gasteiger partial charge in [0.25, 0.3) is 0 Å². The number of amidine groups is 1. The van der Waals surface area contributed by atoms with E-state index in [0.29, 0.717) is 6.04 Å². The van der Waals surface area contributed by atoms with Crippen molar-refractivity contribution in [1.82, 2.24) is 10.2 Å². The van der Waals surface area contributed by atoms with Crippen LogP contribution in [0.4, 0.5) is 0 Å². The number of nitrogens with zero attached hydrogens (tertiary/aromatic N) is 2. The molecule has 0 spiro atoms. The van der Waals surface area contributed by atoms with Gasteiger partial charge in [-0.05, 0) is 37.3 Å². The second-order valence-electron chi connectivity index (χ2n) is 5.28. The van der Waals surface area contributed by atoms with Gasteiger partial charge < -0.3 is 10.2 Å². The summed E-state index contributed by atoms with van der Waals surface area (Å²) in [7, 11) is 0. The number of benzene rings is 1. The predicted octanol–water partition coefficient (Wildman–Crippen LogP) is 2.93. The van der Waals surface area contributed by atoms with E-state index >= 15 is 0 Å². The molecule has 0 radical (unpaired) electrons. The Morgan fingerprint density at radius 1 is 1.32 bits per heavy atom. The summed E-state index contributed by atoms with van der Waals surface area (Å²) in [5.41, 5.74) is 1.37. The third-order valence-electron chi connectivity index (χ3n) is 3.83. The van der Waals surface area contributed by atoms with Gasteiger partial charge in [0.15, 0.2) is 0 Å². The van der Waals surface area contributed by atoms with E-state index in [4.69, 9.17) is 0 Å². The quantitative estimate of drug-likeness (QED) is 0.895. The van der Waals surface area contributed by atoms with Crippen LogP contribution in [0, 0.1) is 5.92 Å². The highest BCUT2D eigenvalue weighted by molar-refractivity contribution is 5.93. The van der Waals surface area contributed by atoms with Crippen LogP contribution in [0.15, 0.2) is 47.6 Å². The highest BCUT2D eigenvalue weighted by Crippen LogP contribution is 2.41. The van der Waals surface area contributed by atoms with Crippen LogP contribution in [0.2, 0.25) is 0 Å². The summed E-state index contributed by atoms with van der Waals surface area (Å²) in [4.78, 5) is 6.80. The molecule has 3 rings (SSSR count). The predicted molar refractivity (Wildman–Crippen MR) is 78.9 cm³/mol. The molecule has 0 unspecified atom stereocenters. The molecule has 1 heterocycles. The zero-order valence-electron chi connectivity index (χ0n) is 11.4. The van der Waals surface area contributed by atoms with Crippen molar-refractivity contribution in [1.29, 1.82) is 0 Å². The van der Waals surface area contributed by atoms with Gasteiger partial charge in [0.1, 0.15) is 12.5 Å². The zero-order valence-corrected chi connectivity index (χ0v) is 11.4. The number of hydrogen-bond donors (Lipinski definition) is 1. The molecule has 0 saturated heterocycles. The molecule has 0 amide bonds. The Labute approximate surface area is 115 Å². The first kappa shape index (κ1) is 12.3. The van der Waals surface area contributed by atoms with Crippen molar-refractivity contribution in [3.63, 3.8) is 0 Å². The molecule has 0 aromatic heterocycles. The van der Waals surface area contributed by atoms with Gasteiger partial charge in [-0.1, -0.05) is 30.3 Å². The summed E-state index contributed by atoms with van der Waals surface area (Å²) in [6.45, 7) is 3.93. The minimum atomic E-state index is 0.415. The SMILES string of the molecule is CCN1C=CC(N[C@H](c2ccccc2)C2CC2)=NC1. The summed E-state index contributed by atoms with van der Waals surface area (Å²) < 4.78 is 0. The Kier molecular flexibility index (Phi) is 3.53. The van der Waals surface area contributed by atoms with Crippen molar-refractivity contribution in [2.45, 2.75) is 25.8 Å². The van der Waals surface area contributed by atoms with Gasteiger partial charge in [-0.2, -0.15) is 0 Å². The van der Waals surface area contributed by atoms with E-state index in [9.17, 15) is 0 Å². The molecule has 1 atom stereocenters. The smallest absolute Gasteiger partial charge is 0.124 e. The van der Waals surface area contributed by atoms with Crippen LogP contribution in [0.3, 0.4) is 0 Å². The van der Waals surface area contributed by atoms with Gasteiger partial charge in [0, 0.05) is 12.7 Å². The van der Waals surface area contributed by atoms with Crippen molar-refractivity contribution >= 4 is 5.84 Å². The number of nitrogens with one attached hydrogen (secondary N) is 1. The molecule has 1 N–H and O–H groups in total. The van der Waals surface area contributed by atoms with Gasteiger partial charge in [-0.15, -0.1) is 0 Å². The lowest BCUT2D eigenvalue weighted by Crippen LogP contribution is -2.32. The molecule has 100 valence electrons. The Morgan fingerprint density at radius 3 is 2.68 bits per heavy atom. The van der Waals surface area contributed by atoms with E-state index in [1.165, 1.54) is 18.4 Å². The summed E-state index contributed by atoms with van der Waals surface area (Å²) in [5, 5.41) is 3.62. The molecule has 1 fully saturated rings. The third-order valence-corrected chi connectivity index (χ3v) is 3.83. The Morgan fingerprint density at radius 2 is 2.11 bits per heavy atom. The molecular formula is C16H21N3. The van der Waals surface area contributed by atoms with Crippen LogP contribution in [0.1, 0.15) is 31.4 Å². The molecule has 1 aromatic carbocycles. The average Bonchev–Trinajstić information content (AvgIpc) is 3.31. The maximum atomic E-state index is 4.60. The minimum absolute atomic E-state index is 0.415. The fourth-order valence-corrected chi connectivity index (χ4v) is 2.46. The largest absolute Gasteiger partial charge is 0.363 e. The highest BCUT2D eigenvalue weighted by Gasteiger charge is 2.32. The first-order valence-electron chi connectivity index (χ1n) is 7.15. The van der Waals surface area contributed by atoms with E-state index in [-0.39, 0.29) is 0 Å². The van der Waals surface area contributed by atoms with Crippen molar-refractivity contribution in [2.75, 3.05) is 13.2 Å². The minimum Gasteiger partial charge on any atom is -0.363 e. The van der Waals surface area contributed by atoms with Crippen molar-refractivity contribution in [3.8, 4) is 0 Å². The lowest BCUT2D eigenvalue weighted by molar-refractivity contribution is 0.403. The van der Waals surface area contributed by atoms with Crippen molar-refractivity contribution in [2.24, 2.45) is 10.9 Å². The van der Waals surface area contributed by atoms with Gasteiger partial charge in [-0.3, -0.25) is 0 Å². The summed E-state index contributed by atoms with van der Waals surface area (Å²) in [6.07, 6.45) is 6.87. The van der Waals surface area contributed by atoms with Crippen LogP contribution in [0.25, 0.3) is 0 Å². The Hall–Kier alpha value is -1.77. The van der Waals surface area contributed by atoms with Gasteiger partial charge in [0.05, 0.1) is 6.04 Å². The van der Waals surface area contributed by atoms with Crippen LogP contribution < -0.4 is 5.32 Å². The van der Waals surface area contributed by atoms with E-state index in [0.717, 1.165) is 25.0 Å². The zero-order chi connectivity index (χ0) is 13.1. The molecule has 19 heavy (non-hydrogen) atoms. The Bertz CT molecular complexity index is 474. The number of rotatable bonds is 4. The van der Waals surface area contributed by atoms with E-state index < -0.39 is 0 Å². The maximum absolute atomic E-state index is 4.60. The van der Waals surface area contributed by atoms with Gasteiger partial charge >= 0.3 is 0 Å².